The molecule has 8 heteroatoms. The topological polar surface area (TPSA) is 83.9 Å². The molecule has 0 spiro atoms. The van der Waals surface area contributed by atoms with Crippen molar-refractivity contribution in [3.05, 3.63) is 96.1 Å². The molecule has 6 nitrogen and oxygen atoms in total. The Morgan fingerprint density at radius 2 is 1.24 bits per heavy atom. The van der Waals surface area contributed by atoms with Crippen LogP contribution in [0.25, 0.3) is 0 Å². The molecule has 0 heterocycles. The molecule has 0 N–H and O–H groups in total. The van der Waals surface area contributed by atoms with E-state index in [1.165, 1.54) is 31.3 Å². The van der Waals surface area contributed by atoms with Crippen molar-refractivity contribution in [1.82, 2.24) is 4.31 Å². The molecule has 29 heavy (non-hydrogen) atoms. The first-order valence-corrected chi connectivity index (χ1v) is 11.6. The Morgan fingerprint density at radius 3 is 1.79 bits per heavy atom. The summed E-state index contributed by atoms with van der Waals surface area (Å²) < 4.78 is 56.7. The van der Waals surface area contributed by atoms with E-state index in [0.717, 1.165) is 9.87 Å². The molecule has 0 bridgehead atoms. The summed E-state index contributed by atoms with van der Waals surface area (Å²) in [7, 11) is -6.85. The van der Waals surface area contributed by atoms with Gasteiger partial charge in [0.2, 0.25) is 0 Å². The Morgan fingerprint density at radius 1 is 0.724 bits per heavy atom. The van der Waals surface area contributed by atoms with E-state index in [1.807, 2.05) is 6.92 Å². The number of benzene rings is 3. The van der Waals surface area contributed by atoms with Gasteiger partial charge in [0.1, 0.15) is 0 Å². The highest BCUT2D eigenvalue weighted by Gasteiger charge is 2.27. The molecule has 0 radical (unpaired) electrons. The van der Waals surface area contributed by atoms with Crippen LogP contribution < -0.4 is 0 Å². The molecule has 0 aliphatic rings. The molecule has 0 aromatic heterocycles. The Hall–Kier alpha value is -2.97. The fourth-order valence-electron chi connectivity index (χ4n) is 2.62. The minimum absolute atomic E-state index is 0.0120. The van der Waals surface area contributed by atoms with Gasteiger partial charge in [-0.1, -0.05) is 66.2 Å². The lowest BCUT2D eigenvalue weighted by Gasteiger charge is -2.21. The van der Waals surface area contributed by atoms with Crippen molar-refractivity contribution in [2.75, 3.05) is 7.05 Å². The van der Waals surface area contributed by atoms with Crippen molar-refractivity contribution >= 4 is 25.9 Å². The van der Waals surface area contributed by atoms with Crippen LogP contribution in [0.15, 0.2) is 99.1 Å². The van der Waals surface area contributed by atoms with Crippen molar-refractivity contribution in [2.24, 2.45) is 4.40 Å². The maximum absolute atomic E-state index is 13.1. The van der Waals surface area contributed by atoms with Crippen LogP contribution in [-0.4, -0.2) is 34.0 Å². The Balaban J connectivity index is 2.16. The fourth-order valence-corrected chi connectivity index (χ4v) is 4.90. The third-order valence-electron chi connectivity index (χ3n) is 4.26. The quantitative estimate of drug-likeness (QED) is 0.460. The molecule has 150 valence electrons. The highest BCUT2D eigenvalue weighted by molar-refractivity contribution is 7.91. The lowest BCUT2D eigenvalue weighted by Crippen LogP contribution is -2.34. The first kappa shape index (κ1) is 20.8. The van der Waals surface area contributed by atoms with Crippen LogP contribution in [0.4, 0.5) is 0 Å². The third-order valence-corrected chi connectivity index (χ3v) is 7.30. The maximum atomic E-state index is 13.1. The molecule has 0 aliphatic carbocycles. The highest BCUT2D eigenvalue weighted by Crippen LogP contribution is 2.20. The second kappa shape index (κ2) is 8.18. The summed E-state index contributed by atoms with van der Waals surface area (Å²) in [6.45, 7) is 1.84. The molecule has 0 amide bonds. The average Bonchev–Trinajstić information content (AvgIpc) is 2.73. The molecular weight excluding hydrogens is 408 g/mol. The lowest BCUT2D eigenvalue weighted by atomic mass is 10.2. The number of hydrogen-bond donors (Lipinski definition) is 0. The maximum Gasteiger partial charge on any atom is 0.284 e. The smallest absolute Gasteiger partial charge is 0.252 e. The summed E-state index contributed by atoms with van der Waals surface area (Å²) in [5.74, 6) is -0.185. The number of rotatable bonds is 5. The van der Waals surface area contributed by atoms with Gasteiger partial charge in [0.25, 0.3) is 20.0 Å². The zero-order valence-corrected chi connectivity index (χ0v) is 17.6. The van der Waals surface area contributed by atoms with Crippen molar-refractivity contribution in [2.45, 2.75) is 16.7 Å². The minimum atomic E-state index is -4.13. The highest BCUT2D eigenvalue weighted by atomic mass is 32.2. The molecule has 0 atom stereocenters. The summed E-state index contributed by atoms with van der Waals surface area (Å²) in [4.78, 5) is 0.0286. The standard InChI is InChI=1S/C21H20N2O4S2/c1-17-13-15-19(16-14-17)28(24,25)22-21(18-9-5-3-6-10-18)23(2)29(26,27)20-11-7-4-8-12-20/h3-16H,1-2H3/b22-21-. The first-order valence-electron chi connectivity index (χ1n) is 8.73. The van der Waals surface area contributed by atoms with E-state index in [1.54, 1.807) is 60.7 Å². The summed E-state index contributed by atoms with van der Waals surface area (Å²) in [5.41, 5.74) is 1.27. The summed E-state index contributed by atoms with van der Waals surface area (Å²) in [6, 6.07) is 22.4. The molecule has 3 aromatic rings. The van der Waals surface area contributed by atoms with Crippen molar-refractivity contribution in [3.8, 4) is 0 Å². The van der Waals surface area contributed by atoms with Crippen LogP contribution in [0.5, 0.6) is 0 Å². The van der Waals surface area contributed by atoms with E-state index < -0.39 is 20.0 Å². The predicted octanol–water partition coefficient (Wildman–Crippen LogP) is 3.45. The number of sulfonamides is 2. The zero-order chi connectivity index (χ0) is 21.1. The Labute approximate surface area is 171 Å². The van der Waals surface area contributed by atoms with Gasteiger partial charge in [-0.05, 0) is 31.2 Å². The van der Waals surface area contributed by atoms with Crippen molar-refractivity contribution in [3.63, 3.8) is 0 Å². The molecule has 0 unspecified atom stereocenters. The van der Waals surface area contributed by atoms with Crippen molar-refractivity contribution in [1.29, 1.82) is 0 Å². The number of aryl methyl sites for hydroxylation is 1. The SMILES string of the molecule is Cc1ccc(S(=O)(=O)/N=C(/c2ccccc2)N(C)S(=O)(=O)c2ccccc2)cc1. The van der Waals surface area contributed by atoms with Crippen LogP contribution in [-0.2, 0) is 20.0 Å². The molecule has 3 aromatic carbocycles. The van der Waals surface area contributed by atoms with Crippen LogP contribution in [0.3, 0.4) is 0 Å². The number of amidine groups is 1. The largest absolute Gasteiger partial charge is 0.284 e. The Bertz CT molecular complexity index is 1220. The second-order valence-corrected chi connectivity index (χ2v) is 9.93. The van der Waals surface area contributed by atoms with Gasteiger partial charge < -0.3 is 0 Å². The van der Waals surface area contributed by atoms with Gasteiger partial charge in [-0.25, -0.2) is 8.42 Å². The fraction of sp³-hybridized carbons (Fsp3) is 0.0952. The van der Waals surface area contributed by atoms with E-state index in [9.17, 15) is 16.8 Å². The molecule has 0 saturated heterocycles. The minimum Gasteiger partial charge on any atom is -0.252 e. The van der Waals surface area contributed by atoms with Gasteiger partial charge >= 0.3 is 0 Å². The average molecular weight is 429 g/mol. The molecule has 0 fully saturated rings. The number of hydrogen-bond acceptors (Lipinski definition) is 4. The van der Waals surface area contributed by atoms with Crippen LogP contribution in [0, 0.1) is 6.92 Å². The van der Waals surface area contributed by atoms with Crippen LogP contribution in [0.2, 0.25) is 0 Å². The molecule has 3 rings (SSSR count). The summed E-state index contributed by atoms with van der Waals surface area (Å²) in [6.07, 6.45) is 0. The van der Waals surface area contributed by atoms with Gasteiger partial charge in [-0.15, -0.1) is 4.40 Å². The third kappa shape index (κ3) is 4.55. The van der Waals surface area contributed by atoms with Crippen LogP contribution in [0.1, 0.15) is 11.1 Å². The molecular formula is C21H20N2O4S2. The van der Waals surface area contributed by atoms with E-state index in [4.69, 9.17) is 0 Å². The predicted molar refractivity (Wildman–Crippen MR) is 113 cm³/mol. The molecule has 0 saturated carbocycles. The summed E-state index contributed by atoms with van der Waals surface area (Å²) in [5, 5.41) is 0. The lowest BCUT2D eigenvalue weighted by molar-refractivity contribution is 0.552. The van der Waals surface area contributed by atoms with E-state index in [-0.39, 0.29) is 15.6 Å². The number of nitrogens with zero attached hydrogens (tertiary/aromatic N) is 2. The summed E-state index contributed by atoms with van der Waals surface area (Å²) >= 11 is 0. The van der Waals surface area contributed by atoms with Gasteiger partial charge in [-0.3, -0.25) is 4.31 Å². The monoisotopic (exact) mass is 428 g/mol. The zero-order valence-electron chi connectivity index (χ0n) is 15.9. The van der Waals surface area contributed by atoms with Crippen molar-refractivity contribution < 1.29 is 16.8 Å². The van der Waals surface area contributed by atoms with Gasteiger partial charge in [0.05, 0.1) is 9.79 Å². The van der Waals surface area contributed by atoms with E-state index >= 15 is 0 Å². The van der Waals surface area contributed by atoms with Gasteiger partial charge in [0, 0.05) is 12.6 Å². The second-order valence-electron chi connectivity index (χ2n) is 6.35. The first-order chi connectivity index (χ1) is 13.7. The van der Waals surface area contributed by atoms with Crippen LogP contribution >= 0.6 is 0 Å². The van der Waals surface area contributed by atoms with Gasteiger partial charge in [-0.2, -0.15) is 8.42 Å². The molecule has 0 aliphatic heterocycles. The van der Waals surface area contributed by atoms with E-state index in [2.05, 4.69) is 4.40 Å². The normalized spacial score (nSPS) is 12.6. The van der Waals surface area contributed by atoms with Gasteiger partial charge in [0.15, 0.2) is 5.84 Å². The Kier molecular flexibility index (Phi) is 5.86. The van der Waals surface area contributed by atoms with E-state index in [0.29, 0.717) is 5.56 Å².